The molecule has 1 atom stereocenters. The van der Waals surface area contributed by atoms with Gasteiger partial charge in [0.2, 0.25) is 5.91 Å². The van der Waals surface area contributed by atoms with Crippen LogP contribution in [0, 0.1) is 13.8 Å². The second-order valence-corrected chi connectivity index (χ2v) is 6.38. The molecule has 5 heteroatoms. The van der Waals surface area contributed by atoms with Gasteiger partial charge >= 0.3 is 0 Å². The van der Waals surface area contributed by atoms with Crippen LogP contribution in [0.2, 0.25) is 0 Å². The molecule has 106 valence electrons. The van der Waals surface area contributed by atoms with Crippen LogP contribution >= 0.6 is 11.3 Å². The van der Waals surface area contributed by atoms with Crippen LogP contribution in [0.15, 0.2) is 24.4 Å². The normalized spacial score (nSPS) is 12.2. The second kappa shape index (κ2) is 6.05. The highest BCUT2D eigenvalue weighted by Gasteiger charge is 2.14. The lowest BCUT2D eigenvalue weighted by atomic mass is 10.1. The van der Waals surface area contributed by atoms with Gasteiger partial charge < -0.3 is 11.1 Å². The third kappa shape index (κ3) is 3.57. The monoisotopic (exact) mass is 289 g/mol. The molecule has 0 aromatic carbocycles. The third-order valence-corrected chi connectivity index (χ3v) is 4.09. The van der Waals surface area contributed by atoms with Crippen LogP contribution in [-0.2, 0) is 11.2 Å². The van der Waals surface area contributed by atoms with Gasteiger partial charge in [0.1, 0.15) is 0 Å². The van der Waals surface area contributed by atoms with Crippen molar-refractivity contribution in [2.24, 2.45) is 0 Å². The van der Waals surface area contributed by atoms with Crippen LogP contribution < -0.4 is 11.1 Å². The lowest BCUT2D eigenvalue weighted by Gasteiger charge is -2.13. The van der Waals surface area contributed by atoms with Crippen LogP contribution in [0.1, 0.15) is 34.0 Å². The van der Waals surface area contributed by atoms with Gasteiger partial charge in [-0.05, 0) is 44.5 Å². The van der Waals surface area contributed by atoms with Gasteiger partial charge in [0.15, 0.2) is 0 Å². The number of thiophene rings is 1. The predicted molar refractivity (Wildman–Crippen MR) is 82.7 cm³/mol. The molecule has 2 aromatic heterocycles. The maximum Gasteiger partial charge on any atom is 0.226 e. The molecule has 3 N–H and O–H groups in total. The van der Waals surface area contributed by atoms with E-state index in [9.17, 15) is 4.79 Å². The second-order valence-electron chi connectivity index (χ2n) is 4.92. The summed E-state index contributed by atoms with van der Waals surface area (Å²) < 4.78 is 0. The molecule has 1 unspecified atom stereocenters. The molecule has 0 radical (unpaired) electrons. The Hall–Kier alpha value is -1.88. The molecular weight excluding hydrogens is 270 g/mol. The van der Waals surface area contributed by atoms with E-state index in [-0.39, 0.29) is 18.4 Å². The van der Waals surface area contributed by atoms with Crippen molar-refractivity contribution < 1.29 is 4.79 Å². The van der Waals surface area contributed by atoms with Crippen LogP contribution in [0.4, 0.5) is 5.69 Å². The number of carbonyl (C=O) groups is 1. The van der Waals surface area contributed by atoms with Gasteiger partial charge in [-0.3, -0.25) is 9.78 Å². The largest absolute Gasteiger partial charge is 0.397 e. The minimum atomic E-state index is -0.0296. The number of aromatic nitrogens is 1. The van der Waals surface area contributed by atoms with E-state index in [1.165, 1.54) is 15.3 Å². The Kier molecular flexibility index (Phi) is 4.39. The summed E-state index contributed by atoms with van der Waals surface area (Å²) in [5, 5.41) is 3.01. The van der Waals surface area contributed by atoms with Crippen molar-refractivity contribution in [3.8, 4) is 0 Å². The SMILES string of the molecule is Cc1cc(C(C)NC(=O)Cc2ccc(N)cn2)c(C)s1. The summed E-state index contributed by atoms with van der Waals surface area (Å²) in [4.78, 5) is 18.7. The Morgan fingerprint density at radius 3 is 2.75 bits per heavy atom. The number of anilines is 1. The molecule has 0 aliphatic heterocycles. The fraction of sp³-hybridized carbons (Fsp3) is 0.333. The van der Waals surface area contributed by atoms with Crippen molar-refractivity contribution in [2.45, 2.75) is 33.2 Å². The summed E-state index contributed by atoms with van der Waals surface area (Å²) in [6.45, 7) is 6.16. The number of rotatable bonds is 4. The van der Waals surface area contributed by atoms with Crippen molar-refractivity contribution in [1.29, 1.82) is 0 Å². The first-order valence-electron chi connectivity index (χ1n) is 6.52. The maximum atomic E-state index is 12.0. The van der Waals surface area contributed by atoms with E-state index in [1.54, 1.807) is 29.7 Å². The fourth-order valence-corrected chi connectivity index (χ4v) is 3.18. The molecule has 20 heavy (non-hydrogen) atoms. The Morgan fingerprint density at radius 1 is 1.45 bits per heavy atom. The molecule has 0 saturated carbocycles. The van der Waals surface area contributed by atoms with Gasteiger partial charge in [-0.1, -0.05) is 0 Å². The zero-order chi connectivity index (χ0) is 14.7. The highest BCUT2D eigenvalue weighted by atomic mass is 32.1. The molecule has 2 heterocycles. The molecule has 0 spiro atoms. The molecule has 0 aliphatic rings. The zero-order valence-electron chi connectivity index (χ0n) is 11.9. The number of nitrogen functional groups attached to an aromatic ring is 1. The summed E-state index contributed by atoms with van der Waals surface area (Å²) in [6, 6.07) is 5.68. The molecule has 2 rings (SSSR count). The topological polar surface area (TPSA) is 68.0 Å². The number of hydrogen-bond acceptors (Lipinski definition) is 4. The number of amides is 1. The Morgan fingerprint density at radius 2 is 2.20 bits per heavy atom. The number of carbonyl (C=O) groups excluding carboxylic acids is 1. The molecule has 0 fully saturated rings. The van der Waals surface area contributed by atoms with Gasteiger partial charge in [0.05, 0.1) is 24.3 Å². The number of nitrogens with two attached hydrogens (primary N) is 1. The van der Waals surface area contributed by atoms with Gasteiger partial charge in [0, 0.05) is 15.4 Å². The Balaban J connectivity index is 1.97. The highest BCUT2D eigenvalue weighted by molar-refractivity contribution is 7.12. The van der Waals surface area contributed by atoms with E-state index in [2.05, 4.69) is 30.2 Å². The molecular formula is C15H19N3OS. The average molecular weight is 289 g/mol. The summed E-state index contributed by atoms with van der Waals surface area (Å²) in [6.07, 6.45) is 1.84. The molecule has 0 saturated heterocycles. The summed E-state index contributed by atoms with van der Waals surface area (Å²) in [5.74, 6) is -0.0296. The zero-order valence-corrected chi connectivity index (χ0v) is 12.8. The van der Waals surface area contributed by atoms with Crippen LogP contribution in [0.5, 0.6) is 0 Å². The van der Waals surface area contributed by atoms with Crippen molar-refractivity contribution in [3.63, 3.8) is 0 Å². The van der Waals surface area contributed by atoms with Crippen molar-refractivity contribution in [1.82, 2.24) is 10.3 Å². The number of pyridine rings is 1. The van der Waals surface area contributed by atoms with E-state index >= 15 is 0 Å². The quantitative estimate of drug-likeness (QED) is 0.909. The first-order chi connectivity index (χ1) is 9.45. The summed E-state index contributed by atoms with van der Waals surface area (Å²) in [5.41, 5.74) is 8.09. The summed E-state index contributed by atoms with van der Waals surface area (Å²) >= 11 is 1.75. The van der Waals surface area contributed by atoms with Crippen LogP contribution in [-0.4, -0.2) is 10.9 Å². The van der Waals surface area contributed by atoms with E-state index in [4.69, 9.17) is 5.73 Å². The minimum Gasteiger partial charge on any atom is -0.397 e. The minimum absolute atomic E-state index is 0.0150. The molecule has 0 bridgehead atoms. The first-order valence-corrected chi connectivity index (χ1v) is 7.34. The molecule has 4 nitrogen and oxygen atoms in total. The lowest BCUT2D eigenvalue weighted by Crippen LogP contribution is -2.28. The van der Waals surface area contributed by atoms with Gasteiger partial charge in [-0.25, -0.2) is 0 Å². The van der Waals surface area contributed by atoms with E-state index in [0.29, 0.717) is 5.69 Å². The Labute approximate surface area is 123 Å². The lowest BCUT2D eigenvalue weighted by molar-refractivity contribution is -0.121. The van der Waals surface area contributed by atoms with Crippen LogP contribution in [0.3, 0.4) is 0 Å². The van der Waals surface area contributed by atoms with E-state index < -0.39 is 0 Å². The first kappa shape index (κ1) is 14.5. The standard InChI is InChI=1S/C15H19N3OS/c1-9-6-14(11(3)20-9)10(2)18-15(19)7-13-5-4-12(16)8-17-13/h4-6,8,10H,7,16H2,1-3H3,(H,18,19). The van der Waals surface area contributed by atoms with Gasteiger partial charge in [0.25, 0.3) is 0 Å². The van der Waals surface area contributed by atoms with E-state index in [0.717, 1.165) is 5.69 Å². The van der Waals surface area contributed by atoms with Gasteiger partial charge in [-0.15, -0.1) is 11.3 Å². The summed E-state index contributed by atoms with van der Waals surface area (Å²) in [7, 11) is 0. The highest BCUT2D eigenvalue weighted by Crippen LogP contribution is 2.26. The van der Waals surface area contributed by atoms with Crippen LogP contribution in [0.25, 0.3) is 0 Å². The number of hydrogen-bond donors (Lipinski definition) is 2. The Bertz CT molecular complexity index is 604. The number of aryl methyl sites for hydroxylation is 2. The maximum absolute atomic E-state index is 12.0. The fourth-order valence-electron chi connectivity index (χ4n) is 2.16. The molecule has 1 amide bonds. The van der Waals surface area contributed by atoms with Crippen molar-refractivity contribution in [3.05, 3.63) is 45.4 Å². The predicted octanol–water partition coefficient (Wildman–Crippen LogP) is 2.76. The van der Waals surface area contributed by atoms with Crippen molar-refractivity contribution >= 4 is 22.9 Å². The third-order valence-electron chi connectivity index (χ3n) is 3.11. The smallest absolute Gasteiger partial charge is 0.226 e. The van der Waals surface area contributed by atoms with E-state index in [1.807, 2.05) is 6.92 Å². The van der Waals surface area contributed by atoms with Gasteiger partial charge in [-0.2, -0.15) is 0 Å². The number of nitrogens with one attached hydrogen (secondary N) is 1. The molecule has 2 aromatic rings. The average Bonchev–Trinajstić information content (AvgIpc) is 2.71. The number of nitrogens with zero attached hydrogens (tertiary/aromatic N) is 1. The molecule has 0 aliphatic carbocycles. The van der Waals surface area contributed by atoms with Crippen molar-refractivity contribution in [2.75, 3.05) is 5.73 Å².